The van der Waals surface area contributed by atoms with Crippen LogP contribution in [0.25, 0.3) is 0 Å². The van der Waals surface area contributed by atoms with Gasteiger partial charge in [0.15, 0.2) is 0 Å². The number of hydrogen-bond acceptors (Lipinski definition) is 2. The molecule has 0 aromatic heterocycles. The van der Waals surface area contributed by atoms with Crippen LogP contribution in [-0.4, -0.2) is 17.6 Å². The van der Waals surface area contributed by atoms with Crippen LogP contribution in [0.15, 0.2) is 30.3 Å². The summed E-state index contributed by atoms with van der Waals surface area (Å²) >= 11 is 0. The molecule has 0 bridgehead atoms. The van der Waals surface area contributed by atoms with Crippen LogP contribution in [0.1, 0.15) is 38.8 Å². The average Bonchev–Trinajstić information content (AvgIpc) is 2.30. The second kappa shape index (κ2) is 5.82. The van der Waals surface area contributed by atoms with E-state index in [0.29, 0.717) is 6.54 Å². The molecule has 0 aliphatic rings. The average molecular weight is 235 g/mol. The van der Waals surface area contributed by atoms with Crippen molar-refractivity contribution in [1.82, 2.24) is 5.32 Å². The molecular formula is C14H21NO2. The first-order valence-electron chi connectivity index (χ1n) is 5.97. The second-order valence-corrected chi connectivity index (χ2v) is 5.08. The fourth-order valence-electron chi connectivity index (χ4n) is 1.50. The summed E-state index contributed by atoms with van der Waals surface area (Å²) in [5, 5.41) is 12.4. The Morgan fingerprint density at radius 1 is 1.35 bits per heavy atom. The minimum Gasteiger partial charge on any atom is -0.480 e. The van der Waals surface area contributed by atoms with Gasteiger partial charge >= 0.3 is 5.97 Å². The standard InChI is InChI=1S/C14H21NO2/c1-4-14(2,3)10-15-12(13(16)17)11-8-6-5-7-9-11/h5-9,12,15H,4,10H2,1-3H3,(H,16,17)/t12-/m1/s1. The molecule has 0 fully saturated rings. The van der Waals surface area contributed by atoms with E-state index in [-0.39, 0.29) is 5.41 Å². The lowest BCUT2D eigenvalue weighted by molar-refractivity contribution is -0.139. The molecule has 2 N–H and O–H groups in total. The zero-order valence-electron chi connectivity index (χ0n) is 10.7. The fourth-order valence-corrected chi connectivity index (χ4v) is 1.50. The maximum absolute atomic E-state index is 11.2. The molecule has 3 nitrogen and oxygen atoms in total. The molecule has 0 spiro atoms. The maximum atomic E-state index is 11.2. The first-order valence-corrected chi connectivity index (χ1v) is 5.97. The normalized spacial score (nSPS) is 13.4. The zero-order valence-corrected chi connectivity index (χ0v) is 10.7. The summed E-state index contributed by atoms with van der Waals surface area (Å²) in [6.07, 6.45) is 1.02. The van der Waals surface area contributed by atoms with Crippen LogP contribution >= 0.6 is 0 Å². The number of benzene rings is 1. The first-order chi connectivity index (χ1) is 7.96. The van der Waals surface area contributed by atoms with Gasteiger partial charge in [0.1, 0.15) is 6.04 Å². The van der Waals surface area contributed by atoms with Gasteiger partial charge in [-0.2, -0.15) is 0 Å². The van der Waals surface area contributed by atoms with E-state index < -0.39 is 12.0 Å². The van der Waals surface area contributed by atoms with Gasteiger partial charge in [-0.05, 0) is 17.4 Å². The summed E-state index contributed by atoms with van der Waals surface area (Å²) in [7, 11) is 0. The number of carboxylic acid groups (broad SMARTS) is 1. The van der Waals surface area contributed by atoms with E-state index in [4.69, 9.17) is 0 Å². The minimum atomic E-state index is -0.830. The molecular weight excluding hydrogens is 214 g/mol. The molecule has 0 radical (unpaired) electrons. The molecule has 3 heteroatoms. The summed E-state index contributed by atoms with van der Waals surface area (Å²) in [5.41, 5.74) is 0.912. The number of carbonyl (C=O) groups is 1. The third-order valence-corrected chi connectivity index (χ3v) is 3.12. The highest BCUT2D eigenvalue weighted by molar-refractivity contribution is 5.75. The smallest absolute Gasteiger partial charge is 0.325 e. The van der Waals surface area contributed by atoms with Gasteiger partial charge < -0.3 is 10.4 Å². The summed E-state index contributed by atoms with van der Waals surface area (Å²) in [6.45, 7) is 7.06. The third kappa shape index (κ3) is 4.19. The third-order valence-electron chi connectivity index (χ3n) is 3.12. The van der Waals surface area contributed by atoms with E-state index in [9.17, 15) is 9.90 Å². The van der Waals surface area contributed by atoms with Crippen molar-refractivity contribution in [2.75, 3.05) is 6.54 Å². The van der Waals surface area contributed by atoms with Gasteiger partial charge in [-0.3, -0.25) is 4.79 Å². The number of carboxylic acids is 1. The lowest BCUT2D eigenvalue weighted by atomic mass is 9.90. The Morgan fingerprint density at radius 3 is 2.41 bits per heavy atom. The minimum absolute atomic E-state index is 0.114. The molecule has 94 valence electrons. The topological polar surface area (TPSA) is 49.3 Å². The molecule has 1 atom stereocenters. The lowest BCUT2D eigenvalue weighted by Gasteiger charge is -2.25. The van der Waals surface area contributed by atoms with Crippen molar-refractivity contribution in [1.29, 1.82) is 0 Å². The van der Waals surface area contributed by atoms with Gasteiger partial charge in [0.05, 0.1) is 0 Å². The second-order valence-electron chi connectivity index (χ2n) is 5.08. The van der Waals surface area contributed by atoms with E-state index in [1.165, 1.54) is 0 Å². The van der Waals surface area contributed by atoms with Gasteiger partial charge in [0.25, 0.3) is 0 Å². The Kier molecular flexibility index (Phi) is 4.70. The molecule has 0 aliphatic heterocycles. The summed E-state index contributed by atoms with van der Waals surface area (Å²) in [6, 6.07) is 8.66. The highest BCUT2D eigenvalue weighted by Gasteiger charge is 2.22. The molecule has 1 rings (SSSR count). The predicted molar refractivity (Wildman–Crippen MR) is 68.9 cm³/mol. The monoisotopic (exact) mass is 235 g/mol. The van der Waals surface area contributed by atoms with Gasteiger partial charge in [-0.15, -0.1) is 0 Å². The fraction of sp³-hybridized carbons (Fsp3) is 0.500. The quantitative estimate of drug-likeness (QED) is 0.797. The van der Waals surface area contributed by atoms with Crippen LogP contribution < -0.4 is 5.32 Å². The maximum Gasteiger partial charge on any atom is 0.325 e. The molecule has 0 amide bonds. The van der Waals surface area contributed by atoms with Crippen LogP contribution in [0.3, 0.4) is 0 Å². The van der Waals surface area contributed by atoms with Crippen molar-refractivity contribution in [3.63, 3.8) is 0 Å². The van der Waals surface area contributed by atoms with E-state index in [1.54, 1.807) is 0 Å². The number of hydrogen-bond donors (Lipinski definition) is 2. The Bertz CT molecular complexity index is 360. The van der Waals surface area contributed by atoms with Crippen molar-refractivity contribution in [3.05, 3.63) is 35.9 Å². The Balaban J connectivity index is 2.72. The van der Waals surface area contributed by atoms with Gasteiger partial charge in [0, 0.05) is 6.54 Å². The summed E-state index contributed by atoms with van der Waals surface area (Å²) in [5.74, 6) is -0.830. The predicted octanol–water partition coefficient (Wildman–Crippen LogP) is 2.84. The van der Waals surface area contributed by atoms with Gasteiger partial charge in [0.2, 0.25) is 0 Å². The van der Waals surface area contributed by atoms with E-state index in [2.05, 4.69) is 26.1 Å². The summed E-state index contributed by atoms with van der Waals surface area (Å²) in [4.78, 5) is 11.2. The van der Waals surface area contributed by atoms with Crippen molar-refractivity contribution in [3.8, 4) is 0 Å². The molecule has 1 aromatic rings. The molecule has 0 saturated carbocycles. The lowest BCUT2D eigenvalue weighted by Crippen LogP contribution is -2.35. The Labute approximate surface area is 103 Å². The van der Waals surface area contributed by atoms with E-state index in [0.717, 1.165) is 12.0 Å². The van der Waals surface area contributed by atoms with E-state index >= 15 is 0 Å². The number of aliphatic carboxylic acids is 1. The highest BCUT2D eigenvalue weighted by Crippen LogP contribution is 2.20. The van der Waals surface area contributed by atoms with Crippen molar-refractivity contribution >= 4 is 5.97 Å². The van der Waals surface area contributed by atoms with Crippen LogP contribution in [0.5, 0.6) is 0 Å². The molecule has 0 saturated heterocycles. The molecule has 0 aliphatic carbocycles. The number of rotatable bonds is 6. The number of nitrogens with one attached hydrogen (secondary N) is 1. The van der Waals surface area contributed by atoms with Crippen molar-refractivity contribution < 1.29 is 9.90 Å². The van der Waals surface area contributed by atoms with Crippen LogP contribution in [0.4, 0.5) is 0 Å². The Morgan fingerprint density at radius 2 is 1.94 bits per heavy atom. The molecule has 17 heavy (non-hydrogen) atoms. The van der Waals surface area contributed by atoms with Crippen LogP contribution in [0.2, 0.25) is 0 Å². The van der Waals surface area contributed by atoms with Gasteiger partial charge in [-0.1, -0.05) is 51.1 Å². The van der Waals surface area contributed by atoms with Gasteiger partial charge in [-0.25, -0.2) is 0 Å². The zero-order chi connectivity index (χ0) is 12.9. The van der Waals surface area contributed by atoms with Crippen LogP contribution in [-0.2, 0) is 4.79 Å². The highest BCUT2D eigenvalue weighted by atomic mass is 16.4. The molecule has 0 unspecified atom stereocenters. The molecule has 1 aromatic carbocycles. The Hall–Kier alpha value is -1.35. The largest absolute Gasteiger partial charge is 0.480 e. The first kappa shape index (κ1) is 13.7. The van der Waals surface area contributed by atoms with Crippen molar-refractivity contribution in [2.24, 2.45) is 5.41 Å². The van der Waals surface area contributed by atoms with Crippen molar-refractivity contribution in [2.45, 2.75) is 33.2 Å². The van der Waals surface area contributed by atoms with E-state index in [1.807, 2.05) is 30.3 Å². The molecule has 0 heterocycles. The van der Waals surface area contributed by atoms with Crippen LogP contribution in [0, 0.1) is 5.41 Å². The summed E-state index contributed by atoms with van der Waals surface area (Å²) < 4.78 is 0. The SMILES string of the molecule is CCC(C)(C)CN[C@@H](C(=O)O)c1ccccc1.